The molecule has 3 nitrogen and oxygen atoms in total. The van der Waals surface area contributed by atoms with Gasteiger partial charge in [0.25, 0.3) is 0 Å². The zero-order chi connectivity index (χ0) is 15.0. The average Bonchev–Trinajstić information content (AvgIpc) is 2.87. The number of hydrogen-bond acceptors (Lipinski definition) is 2. The number of imidazole rings is 1. The molecule has 0 saturated carbocycles. The van der Waals surface area contributed by atoms with Crippen molar-refractivity contribution in [2.45, 2.75) is 5.88 Å². The molecular formula is C15H11BrCl2N2O. The highest BCUT2D eigenvalue weighted by atomic mass is 79.9. The highest BCUT2D eigenvalue weighted by Gasteiger charge is 2.13. The van der Waals surface area contributed by atoms with Crippen molar-refractivity contribution in [2.75, 3.05) is 7.11 Å². The van der Waals surface area contributed by atoms with Gasteiger partial charge in [0.1, 0.15) is 11.6 Å². The molecule has 1 heterocycles. The van der Waals surface area contributed by atoms with Gasteiger partial charge in [0.15, 0.2) is 0 Å². The largest absolute Gasteiger partial charge is 0.497 e. The van der Waals surface area contributed by atoms with E-state index in [0.29, 0.717) is 10.9 Å². The Morgan fingerprint density at radius 1 is 1.24 bits per heavy atom. The van der Waals surface area contributed by atoms with Gasteiger partial charge in [0.2, 0.25) is 0 Å². The predicted molar refractivity (Wildman–Crippen MR) is 89.9 cm³/mol. The van der Waals surface area contributed by atoms with Gasteiger partial charge in [-0.15, -0.1) is 11.6 Å². The van der Waals surface area contributed by atoms with Gasteiger partial charge in [-0.2, -0.15) is 0 Å². The average molecular weight is 386 g/mol. The van der Waals surface area contributed by atoms with E-state index in [4.69, 9.17) is 27.9 Å². The van der Waals surface area contributed by atoms with Gasteiger partial charge in [0, 0.05) is 16.2 Å². The van der Waals surface area contributed by atoms with Crippen molar-refractivity contribution in [2.24, 2.45) is 0 Å². The number of fused-ring (bicyclic) bond motifs is 1. The van der Waals surface area contributed by atoms with E-state index in [9.17, 15) is 0 Å². The molecule has 0 saturated heterocycles. The van der Waals surface area contributed by atoms with Crippen LogP contribution in [0.2, 0.25) is 5.02 Å². The number of aromatic nitrogens is 2. The summed E-state index contributed by atoms with van der Waals surface area (Å²) in [4.78, 5) is 4.56. The summed E-state index contributed by atoms with van der Waals surface area (Å²) in [5.41, 5.74) is 2.71. The fraction of sp³-hybridized carbons (Fsp3) is 0.133. The van der Waals surface area contributed by atoms with E-state index in [1.165, 1.54) is 0 Å². The number of alkyl halides is 1. The molecule has 0 bridgehead atoms. The molecule has 2 aromatic carbocycles. The lowest BCUT2D eigenvalue weighted by atomic mass is 10.2. The Kier molecular flexibility index (Phi) is 4.11. The molecular weight excluding hydrogens is 375 g/mol. The van der Waals surface area contributed by atoms with E-state index in [1.54, 1.807) is 7.11 Å². The first-order valence-electron chi connectivity index (χ1n) is 6.21. The lowest BCUT2D eigenvalue weighted by Crippen LogP contribution is -1.99. The van der Waals surface area contributed by atoms with Crippen LogP contribution in [0.3, 0.4) is 0 Å². The minimum atomic E-state index is 0.310. The summed E-state index contributed by atoms with van der Waals surface area (Å²) in [6.07, 6.45) is 0. The fourth-order valence-corrected chi connectivity index (χ4v) is 2.83. The molecule has 6 heteroatoms. The van der Waals surface area contributed by atoms with Gasteiger partial charge in [-0.3, -0.25) is 4.57 Å². The molecule has 0 aliphatic heterocycles. The van der Waals surface area contributed by atoms with Crippen LogP contribution in [-0.2, 0) is 5.88 Å². The topological polar surface area (TPSA) is 27.1 Å². The van der Waals surface area contributed by atoms with E-state index < -0.39 is 0 Å². The normalized spacial score (nSPS) is 11.0. The van der Waals surface area contributed by atoms with Crippen molar-refractivity contribution in [1.82, 2.24) is 9.55 Å². The maximum atomic E-state index is 6.20. The Bertz CT molecular complexity index is 817. The Hall–Kier alpha value is -1.23. The van der Waals surface area contributed by atoms with Gasteiger partial charge >= 0.3 is 0 Å². The second-order valence-corrected chi connectivity index (χ2v) is 5.98. The Morgan fingerprint density at radius 2 is 2.05 bits per heavy atom. The van der Waals surface area contributed by atoms with Crippen molar-refractivity contribution < 1.29 is 4.74 Å². The Morgan fingerprint density at radius 3 is 2.71 bits per heavy atom. The van der Waals surface area contributed by atoms with Gasteiger partial charge in [-0.05, 0) is 46.3 Å². The molecule has 21 heavy (non-hydrogen) atoms. The molecule has 0 aliphatic rings. The highest BCUT2D eigenvalue weighted by Crippen LogP contribution is 2.30. The van der Waals surface area contributed by atoms with Gasteiger partial charge in [-0.25, -0.2) is 4.98 Å². The standard InChI is InChI=1S/C15H11BrCl2N2O/c1-21-10-3-5-13-14(7-10)20(15(8-17)19-13)9-2-4-11(16)12(18)6-9/h2-7H,8H2,1H3. The van der Waals surface area contributed by atoms with E-state index in [0.717, 1.165) is 32.8 Å². The van der Waals surface area contributed by atoms with Crippen LogP contribution in [0.4, 0.5) is 0 Å². The summed E-state index contributed by atoms with van der Waals surface area (Å²) in [6.45, 7) is 0. The van der Waals surface area contributed by atoms with Crippen molar-refractivity contribution >= 4 is 50.2 Å². The van der Waals surface area contributed by atoms with Gasteiger partial charge in [-0.1, -0.05) is 11.6 Å². The molecule has 0 spiro atoms. The van der Waals surface area contributed by atoms with Crippen LogP contribution in [0.15, 0.2) is 40.9 Å². The first-order valence-corrected chi connectivity index (χ1v) is 7.91. The number of hydrogen-bond donors (Lipinski definition) is 0. The quantitative estimate of drug-likeness (QED) is 0.580. The molecule has 0 fully saturated rings. The molecule has 0 aliphatic carbocycles. The maximum Gasteiger partial charge on any atom is 0.129 e. The van der Waals surface area contributed by atoms with Gasteiger partial charge in [0.05, 0.1) is 29.0 Å². The van der Waals surface area contributed by atoms with Crippen LogP contribution in [0.1, 0.15) is 5.82 Å². The van der Waals surface area contributed by atoms with Crippen LogP contribution < -0.4 is 4.74 Å². The Labute approximate surface area is 140 Å². The zero-order valence-electron chi connectivity index (χ0n) is 11.1. The monoisotopic (exact) mass is 384 g/mol. The molecule has 3 rings (SSSR count). The summed E-state index contributed by atoms with van der Waals surface area (Å²) in [7, 11) is 1.64. The number of rotatable bonds is 3. The minimum absolute atomic E-state index is 0.310. The molecule has 0 unspecified atom stereocenters. The number of nitrogens with zero attached hydrogens (tertiary/aromatic N) is 2. The SMILES string of the molecule is COc1ccc2nc(CCl)n(-c3ccc(Br)c(Cl)c3)c2c1. The van der Waals surface area contributed by atoms with Crippen LogP contribution in [0, 0.1) is 0 Å². The maximum absolute atomic E-state index is 6.20. The summed E-state index contributed by atoms with van der Waals surface area (Å²) < 4.78 is 8.13. The first-order chi connectivity index (χ1) is 10.1. The first kappa shape index (κ1) is 14.7. The second kappa shape index (κ2) is 5.87. The molecule has 108 valence electrons. The smallest absolute Gasteiger partial charge is 0.129 e. The lowest BCUT2D eigenvalue weighted by Gasteiger charge is -2.09. The van der Waals surface area contributed by atoms with Crippen molar-refractivity contribution in [1.29, 1.82) is 0 Å². The van der Waals surface area contributed by atoms with Crippen molar-refractivity contribution in [3.05, 3.63) is 51.7 Å². The predicted octanol–water partition coefficient (Wildman–Crippen LogP) is 5.19. The van der Waals surface area contributed by atoms with E-state index in [2.05, 4.69) is 20.9 Å². The molecule has 0 amide bonds. The van der Waals surface area contributed by atoms with Crippen LogP contribution in [-0.4, -0.2) is 16.7 Å². The van der Waals surface area contributed by atoms with E-state index in [1.807, 2.05) is 41.0 Å². The summed E-state index contributed by atoms with van der Waals surface area (Å²) in [6, 6.07) is 11.5. The van der Waals surface area contributed by atoms with Crippen LogP contribution in [0.25, 0.3) is 16.7 Å². The third kappa shape index (κ3) is 2.63. The van der Waals surface area contributed by atoms with E-state index in [-0.39, 0.29) is 0 Å². The highest BCUT2D eigenvalue weighted by molar-refractivity contribution is 9.10. The number of ether oxygens (including phenoxy) is 1. The Balaban J connectivity index is 2.30. The molecule has 0 radical (unpaired) electrons. The number of halogens is 3. The summed E-state index contributed by atoms with van der Waals surface area (Å²) in [5, 5.41) is 0.637. The molecule has 0 N–H and O–H groups in total. The second-order valence-electron chi connectivity index (χ2n) is 4.45. The van der Waals surface area contributed by atoms with Gasteiger partial charge < -0.3 is 4.74 Å². The lowest BCUT2D eigenvalue weighted by molar-refractivity contribution is 0.415. The molecule has 1 aromatic heterocycles. The minimum Gasteiger partial charge on any atom is -0.497 e. The third-order valence-electron chi connectivity index (χ3n) is 3.21. The molecule has 3 aromatic rings. The summed E-state index contributed by atoms with van der Waals surface area (Å²) in [5.74, 6) is 1.84. The zero-order valence-corrected chi connectivity index (χ0v) is 14.2. The number of methoxy groups -OCH3 is 1. The molecule has 0 atom stereocenters. The number of benzene rings is 2. The fourth-order valence-electron chi connectivity index (χ4n) is 2.23. The third-order valence-corrected chi connectivity index (χ3v) is 4.68. The van der Waals surface area contributed by atoms with Crippen molar-refractivity contribution in [3.63, 3.8) is 0 Å². The van der Waals surface area contributed by atoms with Crippen LogP contribution >= 0.6 is 39.1 Å². The summed E-state index contributed by atoms with van der Waals surface area (Å²) >= 11 is 15.6. The van der Waals surface area contributed by atoms with Crippen molar-refractivity contribution in [3.8, 4) is 11.4 Å². The van der Waals surface area contributed by atoms with E-state index >= 15 is 0 Å². The van der Waals surface area contributed by atoms with Crippen LogP contribution in [0.5, 0.6) is 5.75 Å².